The van der Waals surface area contributed by atoms with Gasteiger partial charge < -0.3 is 24.3 Å². The first-order valence-electron chi connectivity index (χ1n) is 10.0. The number of hydrogen-bond donors (Lipinski definition) is 1. The smallest absolute Gasteiger partial charge is 0.414 e. The Morgan fingerprint density at radius 1 is 1.23 bits per heavy atom. The molecule has 0 saturated carbocycles. The van der Waals surface area contributed by atoms with Crippen molar-refractivity contribution in [1.29, 1.82) is 0 Å². The zero-order valence-electron chi connectivity index (χ0n) is 17.0. The van der Waals surface area contributed by atoms with Gasteiger partial charge in [-0.15, -0.1) is 0 Å². The second-order valence-corrected chi connectivity index (χ2v) is 8.47. The maximum Gasteiger partial charge on any atom is 0.414 e. The van der Waals surface area contributed by atoms with Crippen LogP contribution >= 0.6 is 24.4 Å². The molecule has 1 N–H and O–H groups in total. The van der Waals surface area contributed by atoms with Crippen molar-refractivity contribution < 1.29 is 18.3 Å². The number of ether oxygens (including phenoxy) is 1. The molecule has 0 bridgehead atoms. The van der Waals surface area contributed by atoms with Gasteiger partial charge in [0.05, 0.1) is 35.7 Å². The van der Waals surface area contributed by atoms with E-state index in [0.29, 0.717) is 42.5 Å². The van der Waals surface area contributed by atoms with Crippen molar-refractivity contribution in [2.24, 2.45) is 0 Å². The molecule has 2 fully saturated rings. The lowest BCUT2D eigenvalue weighted by atomic mass is 10.2. The maximum absolute atomic E-state index is 14.9. The number of halogens is 1. The van der Waals surface area contributed by atoms with Crippen LogP contribution in [0.4, 0.5) is 20.6 Å². The zero-order valence-corrected chi connectivity index (χ0v) is 18.7. The summed E-state index contributed by atoms with van der Waals surface area (Å²) in [5.41, 5.74) is 1.76. The fourth-order valence-electron chi connectivity index (χ4n) is 3.72. The number of furan rings is 1. The predicted molar refractivity (Wildman–Crippen MR) is 124 cm³/mol. The van der Waals surface area contributed by atoms with E-state index in [0.717, 1.165) is 23.6 Å². The normalized spacial score (nSPS) is 18.8. The molecule has 0 unspecified atom stereocenters. The minimum absolute atomic E-state index is 0.311. The fourth-order valence-corrected chi connectivity index (χ4v) is 4.11. The number of carbonyl (C=O) groups is 1. The predicted octanol–water partition coefficient (Wildman–Crippen LogP) is 3.18. The number of nitrogens with one attached hydrogen (secondary N) is 1. The molecular weight excluding hydrogens is 439 g/mol. The lowest BCUT2D eigenvalue weighted by Crippen LogP contribution is -2.47. The molecule has 0 radical (unpaired) electrons. The van der Waals surface area contributed by atoms with E-state index in [1.807, 2.05) is 11.8 Å². The van der Waals surface area contributed by atoms with Crippen LogP contribution in [0.25, 0.3) is 0 Å². The minimum atomic E-state index is -0.502. The van der Waals surface area contributed by atoms with Crippen LogP contribution < -0.4 is 15.1 Å². The van der Waals surface area contributed by atoms with Crippen molar-refractivity contribution in [3.63, 3.8) is 0 Å². The van der Waals surface area contributed by atoms with Crippen LogP contribution in [0.2, 0.25) is 0 Å². The quantitative estimate of drug-likeness (QED) is 0.680. The second-order valence-electron chi connectivity index (χ2n) is 7.47. The standard InChI is InChI=1S/C21H23FN4O3S2/c1-14(30)24-5-7-25(8-6-24)19-3-2-16(10-18(19)22)26-12-17(29-21(26)27)11-23-20(31)15-4-9-28-13-15/h2-4,9-10,13,17H,5-8,11-12H2,1H3,(H,23,31)/t17-/m0/s1. The van der Waals surface area contributed by atoms with E-state index >= 15 is 0 Å². The zero-order chi connectivity index (χ0) is 22.0. The van der Waals surface area contributed by atoms with Crippen molar-refractivity contribution >= 4 is 51.9 Å². The topological polar surface area (TPSA) is 61.2 Å². The van der Waals surface area contributed by atoms with Crippen LogP contribution in [-0.4, -0.2) is 66.3 Å². The maximum atomic E-state index is 14.9. The number of benzene rings is 1. The second kappa shape index (κ2) is 9.19. The average Bonchev–Trinajstić information content (AvgIpc) is 3.42. The molecule has 2 aliphatic heterocycles. The Labute approximate surface area is 190 Å². The van der Waals surface area contributed by atoms with Gasteiger partial charge in [-0.05, 0) is 31.2 Å². The Morgan fingerprint density at radius 2 is 2.00 bits per heavy atom. The van der Waals surface area contributed by atoms with Crippen LogP contribution in [0.3, 0.4) is 0 Å². The van der Waals surface area contributed by atoms with E-state index in [2.05, 4.69) is 10.2 Å². The van der Waals surface area contributed by atoms with Gasteiger partial charge in [-0.2, -0.15) is 0 Å². The van der Waals surface area contributed by atoms with E-state index in [-0.39, 0.29) is 5.82 Å². The molecule has 10 heteroatoms. The first-order chi connectivity index (χ1) is 14.9. The summed E-state index contributed by atoms with van der Waals surface area (Å²) < 4.78 is 25.3. The molecule has 0 spiro atoms. The number of amides is 1. The summed E-state index contributed by atoms with van der Waals surface area (Å²) in [5, 5.41) is 3.07. The average molecular weight is 463 g/mol. The van der Waals surface area contributed by atoms with Gasteiger partial charge in [0.2, 0.25) is 0 Å². The summed E-state index contributed by atoms with van der Waals surface area (Å²) in [4.78, 5) is 19.3. The highest BCUT2D eigenvalue weighted by Crippen LogP contribution is 2.28. The van der Waals surface area contributed by atoms with E-state index in [9.17, 15) is 9.18 Å². The summed E-state index contributed by atoms with van der Waals surface area (Å²) >= 11 is 10.5. The summed E-state index contributed by atoms with van der Waals surface area (Å²) in [6.45, 7) is 5.50. The lowest BCUT2D eigenvalue weighted by molar-refractivity contribution is 0.143. The van der Waals surface area contributed by atoms with Crippen molar-refractivity contribution in [2.45, 2.75) is 13.0 Å². The Bertz CT molecular complexity index is 977. The summed E-state index contributed by atoms with van der Waals surface area (Å²) in [7, 11) is 0. The van der Waals surface area contributed by atoms with Gasteiger partial charge in [-0.3, -0.25) is 4.90 Å². The number of cyclic esters (lactones) is 1. The number of anilines is 2. The molecule has 164 valence electrons. The monoisotopic (exact) mass is 462 g/mol. The van der Waals surface area contributed by atoms with E-state index in [4.69, 9.17) is 33.6 Å². The highest BCUT2D eigenvalue weighted by atomic mass is 32.1. The van der Waals surface area contributed by atoms with Gasteiger partial charge in [0.25, 0.3) is 0 Å². The Kier molecular flexibility index (Phi) is 6.38. The van der Waals surface area contributed by atoms with E-state index < -0.39 is 12.2 Å². The molecule has 0 aliphatic carbocycles. The number of thiocarbonyl (C=S) groups is 2. The summed E-state index contributed by atoms with van der Waals surface area (Å²) in [6, 6.07) is 6.61. The SMILES string of the molecule is CC(=S)N1CCN(c2ccc(N3C[C@H](CNC(=S)c4ccoc4)OC3=O)cc2F)CC1. The van der Waals surface area contributed by atoms with Gasteiger partial charge in [0, 0.05) is 31.7 Å². The molecular formula is C21H23FN4O3S2. The van der Waals surface area contributed by atoms with Gasteiger partial charge in [-0.25, -0.2) is 9.18 Å². The highest BCUT2D eigenvalue weighted by molar-refractivity contribution is 7.80. The number of carbonyl (C=O) groups excluding carboxylic acids is 1. The molecule has 31 heavy (non-hydrogen) atoms. The van der Waals surface area contributed by atoms with Crippen LogP contribution in [0, 0.1) is 5.82 Å². The Hall–Kier alpha value is -2.72. The molecule has 3 heterocycles. The molecule has 1 aromatic carbocycles. The molecule has 2 aromatic rings. The number of nitrogens with zero attached hydrogens (tertiary/aromatic N) is 3. The molecule has 7 nitrogen and oxygen atoms in total. The van der Waals surface area contributed by atoms with Crippen molar-refractivity contribution in [3.8, 4) is 0 Å². The van der Waals surface area contributed by atoms with Crippen molar-refractivity contribution in [1.82, 2.24) is 10.2 Å². The van der Waals surface area contributed by atoms with Crippen LogP contribution in [-0.2, 0) is 4.74 Å². The van der Waals surface area contributed by atoms with Gasteiger partial charge in [0.1, 0.15) is 23.2 Å². The minimum Gasteiger partial charge on any atom is -0.472 e. The highest BCUT2D eigenvalue weighted by Gasteiger charge is 2.33. The molecule has 1 amide bonds. The van der Waals surface area contributed by atoms with Crippen LogP contribution in [0.15, 0.2) is 41.2 Å². The molecule has 4 rings (SSSR count). The Balaban J connectivity index is 1.36. The van der Waals surface area contributed by atoms with E-state index in [1.54, 1.807) is 24.5 Å². The van der Waals surface area contributed by atoms with Crippen molar-refractivity contribution in [2.75, 3.05) is 49.1 Å². The van der Waals surface area contributed by atoms with Gasteiger partial charge in [0.15, 0.2) is 0 Å². The first-order valence-corrected chi connectivity index (χ1v) is 10.8. The third kappa shape index (κ3) is 4.80. The number of hydrogen-bond acceptors (Lipinski definition) is 6. The third-order valence-electron chi connectivity index (χ3n) is 5.46. The number of piperazine rings is 1. The van der Waals surface area contributed by atoms with E-state index in [1.165, 1.54) is 17.2 Å². The summed E-state index contributed by atoms with van der Waals surface area (Å²) in [6.07, 6.45) is 2.18. The molecule has 1 aromatic heterocycles. The van der Waals surface area contributed by atoms with Gasteiger partial charge in [-0.1, -0.05) is 24.4 Å². The van der Waals surface area contributed by atoms with Crippen LogP contribution in [0.5, 0.6) is 0 Å². The van der Waals surface area contributed by atoms with Crippen LogP contribution in [0.1, 0.15) is 12.5 Å². The lowest BCUT2D eigenvalue weighted by Gasteiger charge is -2.37. The molecule has 1 atom stereocenters. The Morgan fingerprint density at radius 3 is 2.65 bits per heavy atom. The largest absolute Gasteiger partial charge is 0.472 e. The first kappa shape index (κ1) is 21.5. The third-order valence-corrected chi connectivity index (χ3v) is 6.09. The molecule has 2 aliphatic rings. The van der Waals surface area contributed by atoms with Gasteiger partial charge >= 0.3 is 6.09 Å². The number of rotatable bonds is 5. The molecule has 2 saturated heterocycles. The van der Waals surface area contributed by atoms with Crippen molar-refractivity contribution in [3.05, 3.63) is 48.2 Å². The summed E-state index contributed by atoms with van der Waals surface area (Å²) in [5.74, 6) is -0.361. The fraction of sp³-hybridized carbons (Fsp3) is 0.381.